The number of halogens is 2. The molecule has 0 heterocycles. The standard InChI is InChI=1S/C10H11Cl2NO/c1-7(14)6-13(2)10-4-8(11)3-9(12)5-10/h3-5H,6H2,1-2H3. The summed E-state index contributed by atoms with van der Waals surface area (Å²) in [5, 5.41) is 1.14. The van der Waals surface area contributed by atoms with Crippen molar-refractivity contribution in [2.45, 2.75) is 6.92 Å². The monoisotopic (exact) mass is 231 g/mol. The van der Waals surface area contributed by atoms with Crippen LogP contribution in [0.15, 0.2) is 18.2 Å². The number of benzene rings is 1. The molecule has 0 aliphatic rings. The molecule has 0 aromatic heterocycles. The second-order valence-corrected chi connectivity index (χ2v) is 4.06. The Morgan fingerprint density at radius 3 is 2.21 bits per heavy atom. The van der Waals surface area contributed by atoms with Crippen molar-refractivity contribution in [1.82, 2.24) is 0 Å². The predicted molar refractivity (Wildman–Crippen MR) is 60.4 cm³/mol. The molecule has 0 saturated carbocycles. The smallest absolute Gasteiger partial charge is 0.149 e. The normalized spacial score (nSPS) is 10.0. The van der Waals surface area contributed by atoms with E-state index in [4.69, 9.17) is 23.2 Å². The minimum absolute atomic E-state index is 0.101. The third-order valence-corrected chi connectivity index (χ3v) is 2.18. The van der Waals surface area contributed by atoms with Crippen LogP contribution in [0.4, 0.5) is 5.69 Å². The molecule has 0 N–H and O–H groups in total. The van der Waals surface area contributed by atoms with Crippen molar-refractivity contribution in [3.63, 3.8) is 0 Å². The third-order valence-electron chi connectivity index (χ3n) is 1.75. The highest BCUT2D eigenvalue weighted by Gasteiger charge is 2.05. The minimum atomic E-state index is 0.101. The van der Waals surface area contributed by atoms with Crippen LogP contribution in [0.2, 0.25) is 10.0 Å². The van der Waals surface area contributed by atoms with Crippen molar-refractivity contribution < 1.29 is 4.79 Å². The lowest BCUT2D eigenvalue weighted by molar-refractivity contribution is -0.115. The molecule has 14 heavy (non-hydrogen) atoms. The van der Waals surface area contributed by atoms with E-state index in [1.165, 1.54) is 0 Å². The van der Waals surface area contributed by atoms with Gasteiger partial charge in [-0.3, -0.25) is 4.79 Å². The summed E-state index contributed by atoms with van der Waals surface area (Å²) >= 11 is 11.7. The van der Waals surface area contributed by atoms with Gasteiger partial charge >= 0.3 is 0 Å². The average Bonchev–Trinajstić information content (AvgIpc) is 2.00. The Morgan fingerprint density at radius 2 is 1.79 bits per heavy atom. The van der Waals surface area contributed by atoms with E-state index < -0.39 is 0 Å². The lowest BCUT2D eigenvalue weighted by atomic mass is 10.3. The molecular formula is C10H11Cl2NO. The number of Topliss-reactive ketones (excluding diaryl/α,β-unsaturated/α-hetero) is 1. The fraction of sp³-hybridized carbons (Fsp3) is 0.300. The maximum absolute atomic E-state index is 10.9. The number of hydrogen-bond acceptors (Lipinski definition) is 2. The second-order valence-electron chi connectivity index (χ2n) is 3.19. The fourth-order valence-electron chi connectivity index (χ4n) is 1.18. The van der Waals surface area contributed by atoms with Gasteiger partial charge in [-0.2, -0.15) is 0 Å². The average molecular weight is 232 g/mol. The van der Waals surface area contributed by atoms with E-state index >= 15 is 0 Å². The number of rotatable bonds is 3. The molecule has 0 bridgehead atoms. The SMILES string of the molecule is CC(=O)CN(C)c1cc(Cl)cc(Cl)c1. The Morgan fingerprint density at radius 1 is 1.29 bits per heavy atom. The quantitative estimate of drug-likeness (QED) is 0.798. The molecule has 0 amide bonds. The Balaban J connectivity index is 2.89. The van der Waals surface area contributed by atoms with Gasteiger partial charge in [0.1, 0.15) is 5.78 Å². The van der Waals surface area contributed by atoms with Gasteiger partial charge in [0, 0.05) is 22.8 Å². The molecule has 0 fully saturated rings. The van der Waals surface area contributed by atoms with Gasteiger partial charge < -0.3 is 4.90 Å². The van der Waals surface area contributed by atoms with Gasteiger partial charge in [0.25, 0.3) is 0 Å². The molecule has 0 unspecified atom stereocenters. The molecule has 0 atom stereocenters. The Labute approximate surface area is 93.4 Å². The number of ketones is 1. The van der Waals surface area contributed by atoms with Crippen molar-refractivity contribution in [3.05, 3.63) is 28.2 Å². The topological polar surface area (TPSA) is 20.3 Å². The maximum atomic E-state index is 10.9. The lowest BCUT2D eigenvalue weighted by Crippen LogP contribution is -2.23. The molecule has 0 radical (unpaired) electrons. The summed E-state index contributed by atoms with van der Waals surface area (Å²) in [4.78, 5) is 12.7. The first-order chi connectivity index (χ1) is 6.49. The molecule has 1 aromatic carbocycles. The lowest BCUT2D eigenvalue weighted by Gasteiger charge is -2.17. The molecule has 0 saturated heterocycles. The summed E-state index contributed by atoms with van der Waals surface area (Å²) in [5.74, 6) is 0.101. The summed E-state index contributed by atoms with van der Waals surface area (Å²) in [6, 6.07) is 5.21. The van der Waals surface area contributed by atoms with E-state index in [9.17, 15) is 4.79 Å². The van der Waals surface area contributed by atoms with E-state index in [0.29, 0.717) is 16.6 Å². The molecule has 4 heteroatoms. The first-order valence-electron chi connectivity index (χ1n) is 4.15. The molecule has 2 nitrogen and oxygen atoms in total. The second kappa shape index (κ2) is 4.67. The van der Waals surface area contributed by atoms with Crippen LogP contribution < -0.4 is 4.90 Å². The Hall–Kier alpha value is -0.730. The number of nitrogens with zero attached hydrogens (tertiary/aromatic N) is 1. The number of anilines is 1. The summed E-state index contributed by atoms with van der Waals surface area (Å²) in [7, 11) is 1.82. The van der Waals surface area contributed by atoms with E-state index in [1.807, 2.05) is 7.05 Å². The van der Waals surface area contributed by atoms with Crippen molar-refractivity contribution >= 4 is 34.7 Å². The van der Waals surface area contributed by atoms with Crippen molar-refractivity contribution in [2.24, 2.45) is 0 Å². The van der Waals surface area contributed by atoms with Crippen LogP contribution >= 0.6 is 23.2 Å². The summed E-state index contributed by atoms with van der Waals surface area (Å²) in [6.07, 6.45) is 0. The van der Waals surface area contributed by atoms with E-state index in [0.717, 1.165) is 5.69 Å². The van der Waals surface area contributed by atoms with Crippen LogP contribution in [-0.4, -0.2) is 19.4 Å². The number of likely N-dealkylation sites (N-methyl/N-ethyl adjacent to an activating group) is 1. The largest absolute Gasteiger partial charge is 0.367 e. The van der Waals surface area contributed by atoms with E-state index in [1.54, 1.807) is 30.0 Å². The van der Waals surface area contributed by atoms with Gasteiger partial charge in [0.2, 0.25) is 0 Å². The van der Waals surface area contributed by atoms with Crippen LogP contribution in [0, 0.1) is 0 Å². The van der Waals surface area contributed by atoms with Crippen molar-refractivity contribution in [1.29, 1.82) is 0 Å². The molecule has 0 spiro atoms. The van der Waals surface area contributed by atoms with Gasteiger partial charge in [0.05, 0.1) is 6.54 Å². The van der Waals surface area contributed by atoms with E-state index in [2.05, 4.69) is 0 Å². The van der Waals surface area contributed by atoms with Gasteiger partial charge in [0.15, 0.2) is 0 Å². The minimum Gasteiger partial charge on any atom is -0.367 e. The fourth-order valence-corrected chi connectivity index (χ4v) is 1.70. The van der Waals surface area contributed by atoms with Crippen LogP contribution in [0.5, 0.6) is 0 Å². The highest BCUT2D eigenvalue weighted by molar-refractivity contribution is 6.35. The van der Waals surface area contributed by atoms with Crippen LogP contribution in [-0.2, 0) is 4.79 Å². The van der Waals surface area contributed by atoms with Gasteiger partial charge in [-0.25, -0.2) is 0 Å². The van der Waals surface area contributed by atoms with Crippen molar-refractivity contribution in [2.75, 3.05) is 18.5 Å². The summed E-state index contributed by atoms with van der Waals surface area (Å²) < 4.78 is 0. The van der Waals surface area contributed by atoms with Crippen LogP contribution in [0.3, 0.4) is 0 Å². The molecule has 76 valence electrons. The maximum Gasteiger partial charge on any atom is 0.149 e. The van der Waals surface area contributed by atoms with E-state index in [-0.39, 0.29) is 5.78 Å². The third kappa shape index (κ3) is 3.20. The molecular weight excluding hydrogens is 221 g/mol. The van der Waals surface area contributed by atoms with Gasteiger partial charge in [-0.1, -0.05) is 23.2 Å². The first-order valence-corrected chi connectivity index (χ1v) is 4.91. The zero-order chi connectivity index (χ0) is 10.7. The summed E-state index contributed by atoms with van der Waals surface area (Å²) in [5.41, 5.74) is 0.845. The highest BCUT2D eigenvalue weighted by atomic mass is 35.5. The highest BCUT2D eigenvalue weighted by Crippen LogP contribution is 2.24. The van der Waals surface area contributed by atoms with Crippen molar-refractivity contribution in [3.8, 4) is 0 Å². The number of carbonyl (C=O) groups excluding carboxylic acids is 1. The van der Waals surface area contributed by atoms with Gasteiger partial charge in [-0.15, -0.1) is 0 Å². The van der Waals surface area contributed by atoms with Crippen LogP contribution in [0.1, 0.15) is 6.92 Å². The van der Waals surface area contributed by atoms with Gasteiger partial charge in [-0.05, 0) is 25.1 Å². The van der Waals surface area contributed by atoms with Crippen LogP contribution in [0.25, 0.3) is 0 Å². The molecule has 0 aliphatic carbocycles. The first kappa shape index (κ1) is 11.3. The molecule has 1 rings (SSSR count). The Bertz CT molecular complexity index is 332. The number of hydrogen-bond donors (Lipinski definition) is 0. The molecule has 1 aromatic rings. The predicted octanol–water partition coefficient (Wildman–Crippen LogP) is 3.02. The summed E-state index contributed by atoms with van der Waals surface area (Å²) in [6.45, 7) is 1.90. The number of carbonyl (C=O) groups is 1. The zero-order valence-corrected chi connectivity index (χ0v) is 9.56. The Kier molecular flexibility index (Phi) is 3.78. The zero-order valence-electron chi connectivity index (χ0n) is 8.05. The molecule has 0 aliphatic heterocycles.